The molecule has 0 fully saturated rings. The van der Waals surface area contributed by atoms with Crippen LogP contribution in [-0.4, -0.2) is 16.1 Å². The van der Waals surface area contributed by atoms with Crippen LogP contribution in [0.4, 0.5) is 0 Å². The lowest BCUT2D eigenvalue weighted by Gasteiger charge is -2.08. The molecule has 5 heteroatoms. The van der Waals surface area contributed by atoms with E-state index in [9.17, 15) is 4.79 Å². The Labute approximate surface area is 112 Å². The van der Waals surface area contributed by atoms with Gasteiger partial charge in [0.05, 0.1) is 0 Å². The highest BCUT2D eigenvalue weighted by Crippen LogP contribution is 2.19. The van der Waals surface area contributed by atoms with E-state index in [-0.39, 0.29) is 12.2 Å². The molecule has 0 unspecified atom stereocenters. The van der Waals surface area contributed by atoms with Crippen molar-refractivity contribution in [2.24, 2.45) is 0 Å². The number of ether oxygens (including phenoxy) is 1. The van der Waals surface area contributed by atoms with Gasteiger partial charge in [0.15, 0.2) is 0 Å². The predicted molar refractivity (Wildman–Crippen MR) is 69.7 cm³/mol. The number of carboxylic acid groups (broad SMARTS) is 1. The highest BCUT2D eigenvalue weighted by atomic mass is 79.9. The third-order valence-electron chi connectivity index (χ3n) is 2.27. The van der Waals surface area contributed by atoms with Gasteiger partial charge in [0.2, 0.25) is 0 Å². The number of rotatable bonds is 4. The quantitative estimate of drug-likeness (QED) is 0.943. The number of para-hydroxylation sites is 1. The molecule has 0 radical (unpaired) electrons. The van der Waals surface area contributed by atoms with Crippen molar-refractivity contribution in [1.82, 2.24) is 4.98 Å². The molecule has 18 heavy (non-hydrogen) atoms. The van der Waals surface area contributed by atoms with Crippen molar-refractivity contribution < 1.29 is 14.6 Å². The molecule has 0 amide bonds. The molecule has 0 saturated heterocycles. The molecule has 0 atom stereocenters. The second-order valence-electron chi connectivity index (χ2n) is 3.60. The number of carbonyl (C=O) groups is 1. The Morgan fingerprint density at radius 3 is 2.83 bits per heavy atom. The number of hydrogen-bond donors (Lipinski definition) is 1. The number of carboxylic acids is 1. The zero-order valence-electron chi connectivity index (χ0n) is 9.34. The summed E-state index contributed by atoms with van der Waals surface area (Å²) in [5.41, 5.74) is 1.02. The van der Waals surface area contributed by atoms with Crippen LogP contribution in [0.25, 0.3) is 0 Å². The maximum atomic E-state index is 11.0. The average Bonchev–Trinajstić information content (AvgIpc) is 2.37. The Hall–Kier alpha value is -1.88. The smallest absolute Gasteiger partial charge is 0.339 e. The Bertz CT molecular complexity index is 572. The molecule has 0 bridgehead atoms. The van der Waals surface area contributed by atoms with E-state index in [0.717, 1.165) is 10.0 Å². The molecule has 4 nitrogen and oxygen atoms in total. The lowest BCUT2D eigenvalue weighted by atomic mass is 10.2. The summed E-state index contributed by atoms with van der Waals surface area (Å²) in [6.45, 7) is 0.275. The summed E-state index contributed by atoms with van der Waals surface area (Å²) in [6.07, 6.45) is 3.35. The summed E-state index contributed by atoms with van der Waals surface area (Å²) in [5, 5.41) is 9.01. The van der Waals surface area contributed by atoms with Crippen molar-refractivity contribution in [3.05, 3.63) is 58.3 Å². The van der Waals surface area contributed by atoms with E-state index in [4.69, 9.17) is 9.84 Å². The minimum atomic E-state index is -1.00. The molecule has 0 spiro atoms. The zero-order valence-corrected chi connectivity index (χ0v) is 10.9. The third-order valence-corrected chi connectivity index (χ3v) is 2.71. The average molecular weight is 308 g/mol. The molecule has 92 valence electrons. The third kappa shape index (κ3) is 3.07. The summed E-state index contributed by atoms with van der Waals surface area (Å²) in [6, 6.07) is 8.42. The maximum Gasteiger partial charge on any atom is 0.339 e. The topological polar surface area (TPSA) is 59.4 Å². The Morgan fingerprint density at radius 2 is 2.11 bits per heavy atom. The van der Waals surface area contributed by atoms with Gasteiger partial charge in [0, 0.05) is 22.4 Å². The van der Waals surface area contributed by atoms with Gasteiger partial charge in [-0.15, -0.1) is 0 Å². The van der Waals surface area contributed by atoms with Crippen LogP contribution in [0, 0.1) is 0 Å². The van der Waals surface area contributed by atoms with Gasteiger partial charge in [-0.05, 0) is 34.1 Å². The molecule has 1 aromatic carbocycles. The molecular weight excluding hydrogens is 298 g/mol. The van der Waals surface area contributed by atoms with Crippen molar-refractivity contribution in [3.8, 4) is 5.75 Å². The van der Waals surface area contributed by atoms with E-state index < -0.39 is 5.97 Å². The first-order chi connectivity index (χ1) is 8.66. The standard InChI is InChI=1S/C13H10BrNO3/c14-10-5-9(6-15-7-10)8-18-12-4-2-1-3-11(12)13(16)17/h1-7H,8H2,(H,16,17). The molecule has 1 heterocycles. The summed E-state index contributed by atoms with van der Waals surface area (Å²) < 4.78 is 6.35. The SMILES string of the molecule is O=C(O)c1ccccc1OCc1cncc(Br)c1. The van der Waals surface area contributed by atoms with E-state index in [1.807, 2.05) is 6.07 Å². The molecule has 0 aliphatic carbocycles. The van der Waals surface area contributed by atoms with Crippen LogP contribution in [0.5, 0.6) is 5.75 Å². The lowest BCUT2D eigenvalue weighted by Crippen LogP contribution is -2.03. The fourth-order valence-corrected chi connectivity index (χ4v) is 1.88. The molecule has 2 rings (SSSR count). The predicted octanol–water partition coefficient (Wildman–Crippen LogP) is 3.12. The first-order valence-electron chi connectivity index (χ1n) is 5.21. The second kappa shape index (κ2) is 5.64. The summed E-state index contributed by atoms with van der Waals surface area (Å²) in [4.78, 5) is 15.0. The van der Waals surface area contributed by atoms with E-state index in [0.29, 0.717) is 5.75 Å². The van der Waals surface area contributed by atoms with Crippen LogP contribution in [0.15, 0.2) is 47.2 Å². The highest BCUT2D eigenvalue weighted by molar-refractivity contribution is 9.10. The van der Waals surface area contributed by atoms with Crippen molar-refractivity contribution in [3.63, 3.8) is 0 Å². The number of aromatic nitrogens is 1. The van der Waals surface area contributed by atoms with Gasteiger partial charge in [-0.3, -0.25) is 4.98 Å². The van der Waals surface area contributed by atoms with Crippen LogP contribution in [0.3, 0.4) is 0 Å². The molecule has 0 saturated carbocycles. The molecule has 2 aromatic rings. The molecule has 0 aliphatic heterocycles. The highest BCUT2D eigenvalue weighted by Gasteiger charge is 2.10. The maximum absolute atomic E-state index is 11.0. The molecular formula is C13H10BrNO3. The normalized spacial score (nSPS) is 10.1. The van der Waals surface area contributed by atoms with E-state index in [1.54, 1.807) is 30.6 Å². The summed E-state index contributed by atoms with van der Waals surface area (Å²) in [5.74, 6) is -0.650. The zero-order chi connectivity index (χ0) is 13.0. The number of halogens is 1. The van der Waals surface area contributed by atoms with Crippen molar-refractivity contribution in [1.29, 1.82) is 0 Å². The summed E-state index contributed by atoms with van der Waals surface area (Å²) >= 11 is 3.31. The first-order valence-corrected chi connectivity index (χ1v) is 6.00. The first kappa shape index (κ1) is 12.6. The molecule has 1 N–H and O–H groups in total. The van der Waals surface area contributed by atoms with Gasteiger partial charge in [-0.25, -0.2) is 4.79 Å². The minimum absolute atomic E-state index is 0.153. The Balaban J connectivity index is 2.13. The van der Waals surface area contributed by atoms with Crippen molar-refractivity contribution >= 4 is 21.9 Å². The fourth-order valence-electron chi connectivity index (χ4n) is 1.47. The van der Waals surface area contributed by atoms with Gasteiger partial charge in [-0.2, -0.15) is 0 Å². The van der Waals surface area contributed by atoms with Gasteiger partial charge in [-0.1, -0.05) is 12.1 Å². The molecule has 0 aliphatic rings. The van der Waals surface area contributed by atoms with E-state index >= 15 is 0 Å². The largest absolute Gasteiger partial charge is 0.488 e. The van der Waals surface area contributed by atoms with Crippen molar-refractivity contribution in [2.75, 3.05) is 0 Å². The van der Waals surface area contributed by atoms with Gasteiger partial charge in [0.1, 0.15) is 17.9 Å². The number of benzene rings is 1. The second-order valence-corrected chi connectivity index (χ2v) is 4.52. The summed E-state index contributed by atoms with van der Waals surface area (Å²) in [7, 11) is 0. The monoisotopic (exact) mass is 307 g/mol. The van der Waals surface area contributed by atoms with Gasteiger partial charge >= 0.3 is 5.97 Å². The Kier molecular flexibility index (Phi) is 3.94. The Morgan fingerprint density at radius 1 is 1.33 bits per heavy atom. The van der Waals surface area contributed by atoms with E-state index in [1.165, 1.54) is 6.07 Å². The van der Waals surface area contributed by atoms with E-state index in [2.05, 4.69) is 20.9 Å². The van der Waals surface area contributed by atoms with Crippen molar-refractivity contribution in [2.45, 2.75) is 6.61 Å². The van der Waals surface area contributed by atoms with Gasteiger partial charge in [0.25, 0.3) is 0 Å². The van der Waals surface area contributed by atoms with Crippen LogP contribution in [-0.2, 0) is 6.61 Å². The van der Waals surface area contributed by atoms with Crippen LogP contribution in [0.1, 0.15) is 15.9 Å². The van der Waals surface area contributed by atoms with Crippen LogP contribution < -0.4 is 4.74 Å². The van der Waals surface area contributed by atoms with Crippen LogP contribution >= 0.6 is 15.9 Å². The molecule has 1 aromatic heterocycles. The van der Waals surface area contributed by atoms with Gasteiger partial charge < -0.3 is 9.84 Å². The number of nitrogens with zero attached hydrogens (tertiary/aromatic N) is 1. The fraction of sp³-hybridized carbons (Fsp3) is 0.0769. The lowest BCUT2D eigenvalue weighted by molar-refractivity contribution is 0.0692. The number of hydrogen-bond acceptors (Lipinski definition) is 3. The number of aromatic carboxylic acids is 1. The number of pyridine rings is 1. The van der Waals surface area contributed by atoms with Crippen LogP contribution in [0.2, 0.25) is 0 Å². The minimum Gasteiger partial charge on any atom is -0.488 e.